The number of anilines is 2. The molecular formula is C22H25N3O5S3. The van der Waals surface area contributed by atoms with Crippen LogP contribution in [0.2, 0.25) is 0 Å². The number of hydrogen-bond acceptors (Lipinski definition) is 8. The molecule has 1 aliphatic heterocycles. The molecule has 3 aromatic rings. The highest BCUT2D eigenvalue weighted by Crippen LogP contribution is 2.38. The van der Waals surface area contributed by atoms with E-state index in [1.54, 1.807) is 19.2 Å². The molecule has 1 fully saturated rings. The first-order valence-corrected chi connectivity index (χ1v) is 14.7. The van der Waals surface area contributed by atoms with Gasteiger partial charge in [-0.2, -0.15) is 4.31 Å². The minimum absolute atomic E-state index is 0.134. The van der Waals surface area contributed by atoms with Crippen LogP contribution in [0.1, 0.15) is 12.8 Å². The quantitative estimate of drug-likeness (QED) is 0.495. The summed E-state index contributed by atoms with van der Waals surface area (Å²) in [7, 11) is -5.47. The van der Waals surface area contributed by atoms with E-state index in [2.05, 4.69) is 10.3 Å². The van der Waals surface area contributed by atoms with E-state index in [1.165, 1.54) is 27.8 Å². The fourth-order valence-corrected chi connectivity index (χ4v) is 7.54. The summed E-state index contributed by atoms with van der Waals surface area (Å²) in [5, 5.41) is 4.49. The van der Waals surface area contributed by atoms with Crippen LogP contribution >= 0.6 is 11.3 Å². The summed E-state index contributed by atoms with van der Waals surface area (Å²) in [4.78, 5) is 4.76. The van der Waals surface area contributed by atoms with Crippen LogP contribution in [0.15, 0.2) is 59.5 Å². The summed E-state index contributed by atoms with van der Waals surface area (Å²) in [6, 6.07) is 15.6. The van der Waals surface area contributed by atoms with Crippen molar-refractivity contribution in [3.05, 3.63) is 54.6 Å². The third kappa shape index (κ3) is 5.37. The van der Waals surface area contributed by atoms with Gasteiger partial charge < -0.3 is 10.1 Å². The molecule has 8 nitrogen and oxygen atoms in total. The fourth-order valence-electron chi connectivity index (χ4n) is 3.89. The SMILES string of the molecule is COc1sc(Nc2ccc(S(=O)(=O)N3CCCC3CS(C)(=O)=O)cc2)nc1-c1ccccc1. The molecule has 1 saturated heterocycles. The molecule has 0 saturated carbocycles. The van der Waals surface area contributed by atoms with E-state index in [0.29, 0.717) is 35.3 Å². The molecule has 1 aliphatic rings. The maximum absolute atomic E-state index is 13.1. The number of hydrogen-bond donors (Lipinski definition) is 1. The highest BCUT2D eigenvalue weighted by molar-refractivity contribution is 7.91. The lowest BCUT2D eigenvalue weighted by Crippen LogP contribution is -2.39. The second kappa shape index (κ2) is 9.41. The number of thiazole rings is 1. The summed E-state index contributed by atoms with van der Waals surface area (Å²) >= 11 is 1.36. The third-order valence-electron chi connectivity index (χ3n) is 5.36. The van der Waals surface area contributed by atoms with Crippen molar-refractivity contribution in [1.29, 1.82) is 0 Å². The predicted octanol–water partition coefficient (Wildman–Crippen LogP) is 3.76. The summed E-state index contributed by atoms with van der Waals surface area (Å²) in [6.07, 6.45) is 2.32. The van der Waals surface area contributed by atoms with Crippen molar-refractivity contribution in [3.63, 3.8) is 0 Å². The zero-order valence-electron chi connectivity index (χ0n) is 18.3. The number of benzene rings is 2. The second-order valence-electron chi connectivity index (χ2n) is 7.88. The minimum atomic E-state index is -3.78. The van der Waals surface area contributed by atoms with Gasteiger partial charge >= 0.3 is 0 Å². The normalized spacial score (nSPS) is 17.2. The van der Waals surface area contributed by atoms with Crippen molar-refractivity contribution in [2.24, 2.45) is 0 Å². The van der Waals surface area contributed by atoms with E-state index in [-0.39, 0.29) is 10.6 Å². The van der Waals surface area contributed by atoms with Gasteiger partial charge in [-0.05, 0) is 37.1 Å². The summed E-state index contributed by atoms with van der Waals surface area (Å²) < 4.78 is 56.5. The van der Waals surface area contributed by atoms with Gasteiger partial charge in [-0.1, -0.05) is 41.7 Å². The molecule has 1 atom stereocenters. The molecule has 0 aliphatic carbocycles. The van der Waals surface area contributed by atoms with Crippen LogP contribution < -0.4 is 10.1 Å². The average molecular weight is 508 g/mol. The van der Waals surface area contributed by atoms with Crippen molar-refractivity contribution in [2.75, 3.05) is 31.0 Å². The lowest BCUT2D eigenvalue weighted by molar-refractivity contribution is 0.408. The Morgan fingerprint density at radius 2 is 1.79 bits per heavy atom. The Morgan fingerprint density at radius 1 is 1.09 bits per heavy atom. The number of ether oxygens (including phenoxy) is 1. The molecule has 1 N–H and O–H groups in total. The van der Waals surface area contributed by atoms with Crippen LogP contribution in [0.4, 0.5) is 10.8 Å². The van der Waals surface area contributed by atoms with Crippen molar-refractivity contribution in [1.82, 2.24) is 9.29 Å². The first kappa shape index (κ1) is 23.7. The van der Waals surface area contributed by atoms with E-state index < -0.39 is 25.9 Å². The smallest absolute Gasteiger partial charge is 0.243 e. The van der Waals surface area contributed by atoms with E-state index in [9.17, 15) is 16.8 Å². The molecule has 1 aromatic heterocycles. The van der Waals surface area contributed by atoms with Gasteiger partial charge in [0, 0.05) is 30.1 Å². The minimum Gasteiger partial charge on any atom is -0.486 e. The molecular weight excluding hydrogens is 482 g/mol. The van der Waals surface area contributed by atoms with Crippen LogP contribution in [-0.4, -0.2) is 57.8 Å². The van der Waals surface area contributed by atoms with E-state index >= 15 is 0 Å². The Labute approximate surface area is 198 Å². The van der Waals surface area contributed by atoms with Gasteiger partial charge in [0.15, 0.2) is 5.13 Å². The summed E-state index contributed by atoms with van der Waals surface area (Å²) in [5.74, 6) is -0.165. The van der Waals surface area contributed by atoms with Crippen molar-refractivity contribution < 1.29 is 21.6 Å². The molecule has 2 heterocycles. The van der Waals surface area contributed by atoms with Crippen molar-refractivity contribution in [2.45, 2.75) is 23.8 Å². The summed E-state index contributed by atoms with van der Waals surface area (Å²) in [6.45, 7) is 0.323. The van der Waals surface area contributed by atoms with Gasteiger partial charge in [-0.25, -0.2) is 21.8 Å². The number of nitrogens with zero attached hydrogens (tertiary/aromatic N) is 2. The van der Waals surface area contributed by atoms with Crippen LogP contribution in [0.5, 0.6) is 5.06 Å². The first-order chi connectivity index (χ1) is 15.7. The van der Waals surface area contributed by atoms with Crippen molar-refractivity contribution in [3.8, 4) is 16.3 Å². The van der Waals surface area contributed by atoms with Crippen LogP contribution in [0, 0.1) is 0 Å². The number of methoxy groups -OCH3 is 1. The van der Waals surface area contributed by atoms with Crippen LogP contribution in [0.25, 0.3) is 11.3 Å². The molecule has 33 heavy (non-hydrogen) atoms. The topological polar surface area (TPSA) is 106 Å². The molecule has 4 rings (SSSR count). The molecule has 2 aromatic carbocycles. The van der Waals surface area contributed by atoms with Crippen LogP contribution in [-0.2, 0) is 19.9 Å². The molecule has 1 unspecified atom stereocenters. The highest BCUT2D eigenvalue weighted by Gasteiger charge is 2.36. The van der Waals surface area contributed by atoms with E-state index in [0.717, 1.165) is 17.5 Å². The Kier molecular flexibility index (Phi) is 6.76. The zero-order valence-corrected chi connectivity index (χ0v) is 20.7. The molecule has 0 bridgehead atoms. The van der Waals surface area contributed by atoms with Crippen LogP contribution in [0.3, 0.4) is 0 Å². The maximum atomic E-state index is 13.1. The lowest BCUT2D eigenvalue weighted by Gasteiger charge is -2.23. The van der Waals surface area contributed by atoms with Gasteiger partial charge in [0.05, 0.1) is 17.8 Å². The van der Waals surface area contributed by atoms with Gasteiger partial charge in [0.25, 0.3) is 0 Å². The van der Waals surface area contributed by atoms with Gasteiger partial charge in [0.2, 0.25) is 15.1 Å². The lowest BCUT2D eigenvalue weighted by atomic mass is 10.2. The van der Waals surface area contributed by atoms with Gasteiger partial charge in [-0.3, -0.25) is 0 Å². The molecule has 11 heteroatoms. The standard InChI is InChI=1S/C22H25N3O5S3/c1-30-21-20(16-7-4-3-5-8-16)24-22(31-21)23-17-10-12-19(13-11-17)33(28,29)25-14-6-9-18(25)15-32(2,26)27/h3-5,7-8,10-13,18H,6,9,14-15H2,1-2H3,(H,23,24). The second-order valence-corrected chi connectivity index (χ2v) is 12.9. The first-order valence-electron chi connectivity index (χ1n) is 10.3. The zero-order chi connectivity index (χ0) is 23.6. The average Bonchev–Trinajstić information content (AvgIpc) is 3.40. The molecule has 176 valence electrons. The number of rotatable bonds is 8. The Hall–Kier alpha value is -2.47. The monoisotopic (exact) mass is 507 g/mol. The van der Waals surface area contributed by atoms with Gasteiger partial charge in [-0.15, -0.1) is 0 Å². The van der Waals surface area contributed by atoms with Crippen molar-refractivity contribution >= 4 is 42.0 Å². The number of aromatic nitrogens is 1. The largest absolute Gasteiger partial charge is 0.486 e. The highest BCUT2D eigenvalue weighted by atomic mass is 32.2. The molecule has 0 amide bonds. The maximum Gasteiger partial charge on any atom is 0.243 e. The number of sulfone groups is 1. The molecule has 0 radical (unpaired) electrons. The third-order valence-corrected chi connectivity index (χ3v) is 9.25. The predicted molar refractivity (Wildman–Crippen MR) is 130 cm³/mol. The Balaban J connectivity index is 1.53. The van der Waals surface area contributed by atoms with E-state index in [1.807, 2.05) is 30.3 Å². The molecule has 0 spiro atoms. The number of sulfonamides is 1. The van der Waals surface area contributed by atoms with Gasteiger partial charge in [0.1, 0.15) is 15.5 Å². The van der Waals surface area contributed by atoms with E-state index in [4.69, 9.17) is 4.74 Å². The number of nitrogens with one attached hydrogen (secondary N) is 1. The fraction of sp³-hybridized carbons (Fsp3) is 0.318. The Morgan fingerprint density at radius 3 is 2.42 bits per heavy atom. The summed E-state index contributed by atoms with van der Waals surface area (Å²) in [5.41, 5.74) is 2.35. The Bertz CT molecular complexity index is 1320.